The summed E-state index contributed by atoms with van der Waals surface area (Å²) in [6, 6.07) is 5.32. The molecule has 0 unspecified atom stereocenters. The predicted molar refractivity (Wildman–Crippen MR) is 69.7 cm³/mol. The number of aromatic nitrogens is 2. The highest BCUT2D eigenvalue weighted by Gasteiger charge is 2.08. The molecule has 0 spiro atoms. The number of rotatable bonds is 4. The monoisotopic (exact) mass is 244 g/mol. The lowest BCUT2D eigenvalue weighted by Crippen LogP contribution is -1.97. The molecule has 0 aliphatic carbocycles. The minimum Gasteiger partial charge on any atom is -0.478 e. The maximum absolute atomic E-state index is 11.0. The van der Waals surface area contributed by atoms with Crippen LogP contribution in [-0.4, -0.2) is 20.9 Å². The molecule has 2 aromatic rings. The topological polar surface area (TPSA) is 55.1 Å². The molecule has 0 saturated heterocycles. The van der Waals surface area contributed by atoms with E-state index < -0.39 is 5.97 Å². The quantitative estimate of drug-likeness (QED) is 0.899. The number of aromatic carboxylic acids is 1. The molecule has 0 radical (unpaired) electrons. The van der Waals surface area contributed by atoms with Crippen molar-refractivity contribution in [1.82, 2.24) is 9.78 Å². The Hall–Kier alpha value is -2.10. The second-order valence-corrected chi connectivity index (χ2v) is 4.38. The van der Waals surface area contributed by atoms with Crippen molar-refractivity contribution in [3.63, 3.8) is 0 Å². The van der Waals surface area contributed by atoms with Gasteiger partial charge in [-0.1, -0.05) is 13.0 Å². The van der Waals surface area contributed by atoms with Crippen molar-refractivity contribution in [2.75, 3.05) is 0 Å². The lowest BCUT2D eigenvalue weighted by molar-refractivity contribution is 0.0697. The van der Waals surface area contributed by atoms with Crippen LogP contribution in [-0.2, 0) is 6.54 Å². The first-order valence-electron chi connectivity index (χ1n) is 5.98. The Morgan fingerprint density at radius 1 is 1.33 bits per heavy atom. The second kappa shape index (κ2) is 5.04. The van der Waals surface area contributed by atoms with E-state index in [4.69, 9.17) is 5.11 Å². The third-order valence-electron chi connectivity index (χ3n) is 2.74. The van der Waals surface area contributed by atoms with E-state index in [0.717, 1.165) is 29.7 Å². The van der Waals surface area contributed by atoms with E-state index in [1.165, 1.54) is 0 Å². The van der Waals surface area contributed by atoms with Gasteiger partial charge in [-0.3, -0.25) is 4.68 Å². The highest BCUT2D eigenvalue weighted by molar-refractivity contribution is 5.89. The van der Waals surface area contributed by atoms with Crippen LogP contribution in [0, 0.1) is 6.92 Å². The lowest BCUT2D eigenvalue weighted by atomic mass is 10.0. The van der Waals surface area contributed by atoms with E-state index in [0.29, 0.717) is 5.56 Å². The zero-order valence-electron chi connectivity index (χ0n) is 10.6. The number of hydrogen-bond acceptors (Lipinski definition) is 2. The van der Waals surface area contributed by atoms with E-state index in [2.05, 4.69) is 12.0 Å². The van der Waals surface area contributed by atoms with Crippen molar-refractivity contribution in [3.8, 4) is 11.1 Å². The number of carbonyl (C=O) groups is 1. The number of nitrogens with zero attached hydrogens (tertiary/aromatic N) is 2. The van der Waals surface area contributed by atoms with Crippen LogP contribution >= 0.6 is 0 Å². The fourth-order valence-corrected chi connectivity index (χ4v) is 1.94. The van der Waals surface area contributed by atoms with Gasteiger partial charge in [0.2, 0.25) is 0 Å². The number of carboxylic acid groups (broad SMARTS) is 1. The zero-order chi connectivity index (χ0) is 13.1. The lowest BCUT2D eigenvalue weighted by Gasteiger charge is -2.02. The molecule has 94 valence electrons. The molecule has 1 aromatic carbocycles. The van der Waals surface area contributed by atoms with Crippen LogP contribution in [0.25, 0.3) is 11.1 Å². The average molecular weight is 244 g/mol. The first-order chi connectivity index (χ1) is 8.60. The predicted octanol–water partition coefficient (Wildman–Crippen LogP) is 2.97. The van der Waals surface area contributed by atoms with Gasteiger partial charge < -0.3 is 5.11 Å². The van der Waals surface area contributed by atoms with Crippen molar-refractivity contribution in [2.24, 2.45) is 0 Å². The number of aryl methyl sites for hydroxylation is 2. The van der Waals surface area contributed by atoms with Gasteiger partial charge >= 0.3 is 5.97 Å². The van der Waals surface area contributed by atoms with Crippen LogP contribution in [0.2, 0.25) is 0 Å². The number of carboxylic acids is 1. The molecular weight excluding hydrogens is 228 g/mol. The molecule has 0 bridgehead atoms. The number of hydrogen-bond donors (Lipinski definition) is 1. The SMILES string of the molecule is CCCn1cc(-c2cc(C)cc(C(=O)O)c2)cn1. The minimum absolute atomic E-state index is 0.313. The third-order valence-corrected chi connectivity index (χ3v) is 2.74. The van der Waals surface area contributed by atoms with Gasteiger partial charge in [0.15, 0.2) is 0 Å². The number of benzene rings is 1. The van der Waals surface area contributed by atoms with Gasteiger partial charge in [0.05, 0.1) is 11.8 Å². The molecule has 1 N–H and O–H groups in total. The first kappa shape index (κ1) is 12.4. The molecule has 0 fully saturated rings. The van der Waals surface area contributed by atoms with Crippen LogP contribution in [0.3, 0.4) is 0 Å². The van der Waals surface area contributed by atoms with E-state index in [-0.39, 0.29) is 0 Å². The highest BCUT2D eigenvalue weighted by Crippen LogP contribution is 2.22. The van der Waals surface area contributed by atoms with Crippen LogP contribution < -0.4 is 0 Å². The summed E-state index contributed by atoms with van der Waals surface area (Å²) < 4.78 is 1.87. The summed E-state index contributed by atoms with van der Waals surface area (Å²) >= 11 is 0. The molecule has 1 aromatic heterocycles. The van der Waals surface area contributed by atoms with Crippen molar-refractivity contribution in [1.29, 1.82) is 0 Å². The molecule has 4 nitrogen and oxygen atoms in total. The van der Waals surface area contributed by atoms with E-state index in [1.807, 2.05) is 23.9 Å². The molecule has 0 saturated carbocycles. The van der Waals surface area contributed by atoms with Crippen molar-refractivity contribution in [2.45, 2.75) is 26.8 Å². The first-order valence-corrected chi connectivity index (χ1v) is 5.98. The standard InChI is InChI=1S/C14H16N2O2/c1-3-4-16-9-13(8-15-16)11-5-10(2)6-12(7-11)14(17)18/h5-9H,3-4H2,1-2H3,(H,17,18). The Morgan fingerprint density at radius 3 is 2.78 bits per heavy atom. The fourth-order valence-electron chi connectivity index (χ4n) is 1.94. The van der Waals surface area contributed by atoms with Gasteiger partial charge in [0.25, 0.3) is 0 Å². The Morgan fingerprint density at radius 2 is 2.11 bits per heavy atom. The van der Waals surface area contributed by atoms with Gasteiger partial charge in [0, 0.05) is 18.3 Å². The van der Waals surface area contributed by atoms with E-state index in [1.54, 1.807) is 18.3 Å². The van der Waals surface area contributed by atoms with Gasteiger partial charge in [-0.05, 0) is 36.6 Å². The van der Waals surface area contributed by atoms with Gasteiger partial charge in [0.1, 0.15) is 0 Å². The molecule has 0 aliphatic heterocycles. The van der Waals surface area contributed by atoms with Crippen LogP contribution in [0.4, 0.5) is 0 Å². The normalized spacial score (nSPS) is 10.6. The Kier molecular flexibility index (Phi) is 3.46. The summed E-state index contributed by atoms with van der Waals surface area (Å²) in [4.78, 5) is 11.0. The molecule has 1 heterocycles. The minimum atomic E-state index is -0.902. The summed E-state index contributed by atoms with van der Waals surface area (Å²) in [7, 11) is 0. The largest absolute Gasteiger partial charge is 0.478 e. The molecule has 2 rings (SSSR count). The smallest absolute Gasteiger partial charge is 0.335 e. The zero-order valence-corrected chi connectivity index (χ0v) is 10.6. The summed E-state index contributed by atoms with van der Waals surface area (Å²) in [6.45, 7) is 4.86. The van der Waals surface area contributed by atoms with E-state index in [9.17, 15) is 4.79 Å². The molecule has 18 heavy (non-hydrogen) atoms. The van der Waals surface area contributed by atoms with Crippen LogP contribution in [0.1, 0.15) is 29.3 Å². The van der Waals surface area contributed by atoms with E-state index >= 15 is 0 Å². The van der Waals surface area contributed by atoms with Crippen LogP contribution in [0.15, 0.2) is 30.6 Å². The van der Waals surface area contributed by atoms with Crippen molar-refractivity contribution >= 4 is 5.97 Å². The maximum Gasteiger partial charge on any atom is 0.335 e. The van der Waals surface area contributed by atoms with Gasteiger partial charge in [-0.2, -0.15) is 5.10 Å². The average Bonchev–Trinajstić information content (AvgIpc) is 2.77. The van der Waals surface area contributed by atoms with Crippen LogP contribution in [0.5, 0.6) is 0 Å². The molecule has 0 atom stereocenters. The molecular formula is C14H16N2O2. The summed E-state index contributed by atoms with van der Waals surface area (Å²) in [5, 5.41) is 13.3. The van der Waals surface area contributed by atoms with Gasteiger partial charge in [-0.25, -0.2) is 4.79 Å². The van der Waals surface area contributed by atoms with Crippen molar-refractivity contribution in [3.05, 3.63) is 41.7 Å². The Labute approximate surface area is 106 Å². The fraction of sp³-hybridized carbons (Fsp3) is 0.286. The highest BCUT2D eigenvalue weighted by atomic mass is 16.4. The summed E-state index contributed by atoms with van der Waals surface area (Å²) in [5.74, 6) is -0.902. The van der Waals surface area contributed by atoms with Crippen molar-refractivity contribution < 1.29 is 9.90 Å². The Bertz CT molecular complexity index is 573. The molecule has 4 heteroatoms. The molecule has 0 amide bonds. The summed E-state index contributed by atoms with van der Waals surface area (Å²) in [5.41, 5.74) is 3.10. The van der Waals surface area contributed by atoms with Gasteiger partial charge in [-0.15, -0.1) is 0 Å². The third kappa shape index (κ3) is 2.59. The summed E-state index contributed by atoms with van der Waals surface area (Å²) in [6.07, 6.45) is 4.75. The Balaban J connectivity index is 2.39. The second-order valence-electron chi connectivity index (χ2n) is 4.38. The maximum atomic E-state index is 11.0. The molecule has 0 aliphatic rings.